The van der Waals surface area contributed by atoms with Crippen LogP contribution in [0.3, 0.4) is 0 Å². The van der Waals surface area contributed by atoms with Crippen molar-refractivity contribution in [3.8, 4) is 0 Å². The third-order valence-corrected chi connectivity index (χ3v) is 4.75. The van der Waals surface area contributed by atoms with Gasteiger partial charge in [0.2, 0.25) is 0 Å². The molecule has 0 spiro atoms. The van der Waals surface area contributed by atoms with Crippen LogP contribution in [0.4, 0.5) is 4.39 Å². The van der Waals surface area contributed by atoms with Gasteiger partial charge in [-0.05, 0) is 52.1 Å². The second-order valence-corrected chi connectivity index (χ2v) is 7.09. The van der Waals surface area contributed by atoms with E-state index >= 15 is 0 Å². The van der Waals surface area contributed by atoms with Crippen LogP contribution in [-0.4, -0.2) is 24.4 Å². The molecule has 3 rings (SSSR count). The molecule has 1 aromatic rings. The van der Waals surface area contributed by atoms with Gasteiger partial charge in [0.05, 0.1) is 11.2 Å². The Hall–Kier alpha value is -0.905. The standard InChI is InChI=1S/C16H23BFNO2/c1-15(2)16(3,4)21-17(20-15)12-5-8-14(18)11(9-12)10-19-13-6-7-13/h5,8-9,13,19H,6-7,10H2,1-4H3. The van der Waals surface area contributed by atoms with Crippen LogP contribution in [0.2, 0.25) is 0 Å². The number of hydrogen-bond donors (Lipinski definition) is 1. The maximum atomic E-state index is 13.9. The van der Waals surface area contributed by atoms with E-state index in [2.05, 4.69) is 5.32 Å². The molecule has 3 nitrogen and oxygen atoms in total. The maximum Gasteiger partial charge on any atom is 0.494 e. The predicted octanol–water partition coefficient (Wildman–Crippen LogP) is 2.38. The molecule has 21 heavy (non-hydrogen) atoms. The lowest BCUT2D eigenvalue weighted by Gasteiger charge is -2.32. The molecule has 0 radical (unpaired) electrons. The summed E-state index contributed by atoms with van der Waals surface area (Å²) in [4.78, 5) is 0. The first kappa shape index (κ1) is 15.0. The van der Waals surface area contributed by atoms with E-state index in [4.69, 9.17) is 9.31 Å². The molecule has 2 fully saturated rings. The number of rotatable bonds is 4. The van der Waals surface area contributed by atoms with Crippen molar-refractivity contribution in [1.82, 2.24) is 5.32 Å². The topological polar surface area (TPSA) is 30.5 Å². The van der Waals surface area contributed by atoms with E-state index in [1.54, 1.807) is 6.07 Å². The van der Waals surface area contributed by atoms with E-state index < -0.39 is 7.12 Å². The van der Waals surface area contributed by atoms with Crippen molar-refractivity contribution in [3.63, 3.8) is 0 Å². The molecule has 114 valence electrons. The first-order valence-corrected chi connectivity index (χ1v) is 7.66. The van der Waals surface area contributed by atoms with Gasteiger partial charge in [0, 0.05) is 18.2 Å². The Morgan fingerprint density at radius 1 is 1.19 bits per heavy atom. The lowest BCUT2D eigenvalue weighted by molar-refractivity contribution is 0.00578. The Kier molecular flexibility index (Phi) is 3.63. The van der Waals surface area contributed by atoms with E-state index in [1.807, 2.05) is 33.8 Å². The Labute approximate surface area is 126 Å². The third kappa shape index (κ3) is 3.00. The highest BCUT2D eigenvalue weighted by Gasteiger charge is 2.51. The zero-order valence-electron chi connectivity index (χ0n) is 13.2. The molecular formula is C16H23BFNO2. The lowest BCUT2D eigenvalue weighted by Crippen LogP contribution is -2.41. The predicted molar refractivity (Wildman–Crippen MR) is 82.0 cm³/mol. The van der Waals surface area contributed by atoms with Gasteiger partial charge in [-0.1, -0.05) is 12.1 Å². The minimum absolute atomic E-state index is 0.177. The van der Waals surface area contributed by atoms with Gasteiger partial charge >= 0.3 is 7.12 Å². The second-order valence-electron chi connectivity index (χ2n) is 7.09. The molecule has 1 aliphatic carbocycles. The molecule has 1 N–H and O–H groups in total. The summed E-state index contributed by atoms with van der Waals surface area (Å²) >= 11 is 0. The van der Waals surface area contributed by atoms with Crippen LogP contribution < -0.4 is 10.8 Å². The van der Waals surface area contributed by atoms with Gasteiger partial charge in [0.1, 0.15) is 5.82 Å². The van der Waals surface area contributed by atoms with Crippen molar-refractivity contribution in [2.75, 3.05) is 0 Å². The van der Waals surface area contributed by atoms with Gasteiger partial charge in [-0.3, -0.25) is 0 Å². The van der Waals surface area contributed by atoms with Crippen LogP contribution in [0.1, 0.15) is 46.1 Å². The molecule has 1 aromatic carbocycles. The summed E-state index contributed by atoms with van der Waals surface area (Å²) in [5.41, 5.74) is 0.800. The van der Waals surface area contributed by atoms with Crippen molar-refractivity contribution in [3.05, 3.63) is 29.6 Å². The third-order valence-electron chi connectivity index (χ3n) is 4.75. The van der Waals surface area contributed by atoms with Gasteiger partial charge in [-0.15, -0.1) is 0 Å². The van der Waals surface area contributed by atoms with Crippen LogP contribution in [0.15, 0.2) is 18.2 Å². The molecular weight excluding hydrogens is 268 g/mol. The molecule has 1 aliphatic heterocycles. The molecule has 0 amide bonds. The summed E-state index contributed by atoms with van der Waals surface area (Å²) in [7, 11) is -0.435. The minimum atomic E-state index is -0.435. The zero-order valence-corrected chi connectivity index (χ0v) is 13.2. The van der Waals surface area contributed by atoms with Crippen LogP contribution in [0.25, 0.3) is 0 Å². The number of benzene rings is 1. The minimum Gasteiger partial charge on any atom is -0.399 e. The Bertz CT molecular complexity index is 527. The average molecular weight is 291 g/mol. The summed E-state index contributed by atoms with van der Waals surface area (Å²) in [6, 6.07) is 5.67. The number of nitrogens with one attached hydrogen (secondary N) is 1. The van der Waals surface area contributed by atoms with Crippen LogP contribution >= 0.6 is 0 Å². The number of halogens is 1. The maximum absolute atomic E-state index is 13.9. The average Bonchev–Trinajstić information content (AvgIpc) is 3.16. The monoisotopic (exact) mass is 291 g/mol. The van der Waals surface area contributed by atoms with Crippen LogP contribution in [0.5, 0.6) is 0 Å². The highest BCUT2D eigenvalue weighted by Crippen LogP contribution is 2.36. The molecule has 0 bridgehead atoms. The Morgan fingerprint density at radius 2 is 1.81 bits per heavy atom. The van der Waals surface area contributed by atoms with Gasteiger partial charge in [0.15, 0.2) is 0 Å². The van der Waals surface area contributed by atoms with E-state index in [1.165, 1.54) is 18.9 Å². The fourth-order valence-corrected chi connectivity index (χ4v) is 2.40. The van der Waals surface area contributed by atoms with E-state index in [0.717, 1.165) is 5.46 Å². The summed E-state index contributed by atoms with van der Waals surface area (Å²) in [6.45, 7) is 8.64. The van der Waals surface area contributed by atoms with Crippen molar-refractivity contribution in [2.45, 2.75) is 64.3 Å². The smallest absolute Gasteiger partial charge is 0.399 e. The van der Waals surface area contributed by atoms with E-state index in [-0.39, 0.29) is 17.0 Å². The molecule has 5 heteroatoms. The second kappa shape index (κ2) is 5.08. The van der Waals surface area contributed by atoms with Gasteiger partial charge in [0.25, 0.3) is 0 Å². The molecule has 1 saturated carbocycles. The highest BCUT2D eigenvalue weighted by atomic mass is 19.1. The van der Waals surface area contributed by atoms with Crippen molar-refractivity contribution in [1.29, 1.82) is 0 Å². The van der Waals surface area contributed by atoms with Gasteiger partial charge in [-0.2, -0.15) is 0 Å². The van der Waals surface area contributed by atoms with Crippen LogP contribution in [-0.2, 0) is 15.9 Å². The summed E-state index contributed by atoms with van der Waals surface area (Å²) in [5, 5.41) is 3.34. The highest BCUT2D eigenvalue weighted by molar-refractivity contribution is 6.62. The molecule has 2 aliphatic rings. The summed E-state index contributed by atoms with van der Waals surface area (Å²) in [6.07, 6.45) is 2.39. The van der Waals surface area contributed by atoms with E-state index in [9.17, 15) is 4.39 Å². The molecule has 0 atom stereocenters. The van der Waals surface area contributed by atoms with Gasteiger partial charge < -0.3 is 14.6 Å². The zero-order chi connectivity index (χ0) is 15.3. The quantitative estimate of drug-likeness (QED) is 0.864. The molecule has 1 saturated heterocycles. The van der Waals surface area contributed by atoms with E-state index in [0.29, 0.717) is 18.2 Å². The Morgan fingerprint density at radius 3 is 2.38 bits per heavy atom. The summed E-state index contributed by atoms with van der Waals surface area (Å²) in [5.74, 6) is -0.177. The fourth-order valence-electron chi connectivity index (χ4n) is 2.40. The normalized spacial score (nSPS) is 23.6. The molecule has 0 unspecified atom stereocenters. The summed E-state index contributed by atoms with van der Waals surface area (Å²) < 4.78 is 25.9. The first-order chi connectivity index (χ1) is 9.78. The van der Waals surface area contributed by atoms with Crippen molar-refractivity contribution in [2.24, 2.45) is 0 Å². The van der Waals surface area contributed by atoms with Crippen molar-refractivity contribution >= 4 is 12.6 Å². The molecule has 1 heterocycles. The lowest BCUT2D eigenvalue weighted by atomic mass is 9.78. The first-order valence-electron chi connectivity index (χ1n) is 7.66. The SMILES string of the molecule is CC1(C)OB(c2ccc(F)c(CNC3CC3)c2)OC1(C)C. The van der Waals surface area contributed by atoms with Crippen LogP contribution in [0, 0.1) is 5.82 Å². The number of hydrogen-bond acceptors (Lipinski definition) is 3. The van der Waals surface area contributed by atoms with Crippen molar-refractivity contribution < 1.29 is 13.7 Å². The van der Waals surface area contributed by atoms with Gasteiger partial charge in [-0.25, -0.2) is 4.39 Å². The molecule has 0 aromatic heterocycles. The largest absolute Gasteiger partial charge is 0.494 e. The Balaban J connectivity index is 1.78. The fraction of sp³-hybridized carbons (Fsp3) is 0.625.